The minimum atomic E-state index is -0.221. The van der Waals surface area contributed by atoms with Crippen LogP contribution in [-0.2, 0) is 0 Å². The Hall–Kier alpha value is -1.55. The zero-order valence-corrected chi connectivity index (χ0v) is 7.16. The van der Waals surface area contributed by atoms with Crippen molar-refractivity contribution in [1.82, 2.24) is 5.32 Å². The van der Waals surface area contributed by atoms with E-state index in [1.165, 1.54) is 12.1 Å². The molecular weight excluding hydrogens is 168 g/mol. The fraction of sp³-hybridized carbons (Fsp3) is 0.222. The van der Waals surface area contributed by atoms with Gasteiger partial charge in [0.1, 0.15) is 5.75 Å². The average molecular weight is 180 g/mol. The van der Waals surface area contributed by atoms with Crippen LogP contribution in [0, 0.1) is 0 Å². The predicted octanol–water partition coefficient (Wildman–Crippen LogP) is 0.0807. The van der Waals surface area contributed by atoms with Crippen LogP contribution in [-0.4, -0.2) is 24.1 Å². The molecule has 0 saturated carbocycles. The maximum atomic E-state index is 11.3. The molecule has 1 rings (SSSR count). The topological polar surface area (TPSA) is 75.3 Å². The molecule has 4 N–H and O–H groups in total. The summed E-state index contributed by atoms with van der Waals surface area (Å²) in [7, 11) is 0. The van der Waals surface area contributed by atoms with Crippen LogP contribution >= 0.6 is 0 Å². The minimum Gasteiger partial charge on any atom is -0.508 e. The third-order valence-electron chi connectivity index (χ3n) is 1.54. The number of phenols is 1. The highest BCUT2D eigenvalue weighted by atomic mass is 16.3. The molecule has 4 nitrogen and oxygen atoms in total. The van der Waals surface area contributed by atoms with E-state index >= 15 is 0 Å². The van der Waals surface area contributed by atoms with Gasteiger partial charge in [-0.05, 0) is 18.2 Å². The zero-order valence-electron chi connectivity index (χ0n) is 7.16. The van der Waals surface area contributed by atoms with Gasteiger partial charge in [-0.3, -0.25) is 4.79 Å². The molecule has 4 heteroatoms. The van der Waals surface area contributed by atoms with Crippen LogP contribution < -0.4 is 11.1 Å². The molecule has 0 aliphatic heterocycles. The highest BCUT2D eigenvalue weighted by Gasteiger charge is 2.03. The van der Waals surface area contributed by atoms with E-state index in [9.17, 15) is 4.79 Å². The molecule has 0 fully saturated rings. The molecule has 0 aliphatic rings. The van der Waals surface area contributed by atoms with Crippen LogP contribution in [0.5, 0.6) is 5.75 Å². The van der Waals surface area contributed by atoms with E-state index in [0.29, 0.717) is 18.7 Å². The largest absolute Gasteiger partial charge is 0.508 e. The number of nitrogens with one attached hydrogen (secondary N) is 1. The Kier molecular flexibility index (Phi) is 3.28. The average Bonchev–Trinajstić information content (AvgIpc) is 2.14. The SMILES string of the molecule is NCCNC(=O)c1cccc(O)c1. The summed E-state index contributed by atoms with van der Waals surface area (Å²) in [6.07, 6.45) is 0. The molecular formula is C9H12N2O2. The summed E-state index contributed by atoms with van der Waals surface area (Å²) in [5.41, 5.74) is 5.66. The fourth-order valence-corrected chi connectivity index (χ4v) is 0.935. The molecule has 1 aromatic carbocycles. The van der Waals surface area contributed by atoms with Crippen molar-refractivity contribution in [1.29, 1.82) is 0 Å². The quantitative estimate of drug-likeness (QED) is 0.616. The first-order valence-corrected chi connectivity index (χ1v) is 4.01. The van der Waals surface area contributed by atoms with E-state index in [1.54, 1.807) is 12.1 Å². The lowest BCUT2D eigenvalue weighted by molar-refractivity contribution is 0.0954. The van der Waals surface area contributed by atoms with Crippen LogP contribution in [0.1, 0.15) is 10.4 Å². The summed E-state index contributed by atoms with van der Waals surface area (Å²) >= 11 is 0. The van der Waals surface area contributed by atoms with Gasteiger partial charge >= 0.3 is 0 Å². The number of nitrogens with two attached hydrogens (primary N) is 1. The molecule has 0 radical (unpaired) electrons. The molecule has 13 heavy (non-hydrogen) atoms. The monoisotopic (exact) mass is 180 g/mol. The van der Waals surface area contributed by atoms with E-state index in [4.69, 9.17) is 10.8 Å². The van der Waals surface area contributed by atoms with Crippen molar-refractivity contribution in [3.05, 3.63) is 29.8 Å². The predicted molar refractivity (Wildman–Crippen MR) is 49.5 cm³/mol. The molecule has 0 spiro atoms. The van der Waals surface area contributed by atoms with Gasteiger partial charge in [-0.2, -0.15) is 0 Å². The molecule has 0 saturated heterocycles. The van der Waals surface area contributed by atoms with Gasteiger partial charge in [0, 0.05) is 18.7 Å². The van der Waals surface area contributed by atoms with Crippen molar-refractivity contribution in [3.8, 4) is 5.75 Å². The Bertz CT molecular complexity index is 299. The Morgan fingerprint density at radius 1 is 1.54 bits per heavy atom. The van der Waals surface area contributed by atoms with Gasteiger partial charge in [-0.15, -0.1) is 0 Å². The van der Waals surface area contributed by atoms with Gasteiger partial charge in [0.15, 0.2) is 0 Å². The van der Waals surface area contributed by atoms with E-state index < -0.39 is 0 Å². The van der Waals surface area contributed by atoms with Crippen molar-refractivity contribution in [3.63, 3.8) is 0 Å². The maximum Gasteiger partial charge on any atom is 0.251 e. The van der Waals surface area contributed by atoms with Crippen LogP contribution in [0.4, 0.5) is 0 Å². The second kappa shape index (κ2) is 4.47. The molecule has 1 amide bonds. The minimum absolute atomic E-state index is 0.0837. The molecule has 1 aromatic rings. The lowest BCUT2D eigenvalue weighted by Gasteiger charge is -2.02. The third-order valence-corrected chi connectivity index (χ3v) is 1.54. The Labute approximate surface area is 76.4 Å². The van der Waals surface area contributed by atoms with E-state index in [0.717, 1.165) is 0 Å². The van der Waals surface area contributed by atoms with Crippen LogP contribution in [0.15, 0.2) is 24.3 Å². The van der Waals surface area contributed by atoms with Crippen LogP contribution in [0.3, 0.4) is 0 Å². The van der Waals surface area contributed by atoms with Gasteiger partial charge in [-0.25, -0.2) is 0 Å². The standard InChI is InChI=1S/C9H12N2O2/c10-4-5-11-9(13)7-2-1-3-8(12)6-7/h1-3,6,12H,4-5,10H2,(H,11,13). The van der Waals surface area contributed by atoms with Gasteiger partial charge in [-0.1, -0.05) is 6.07 Å². The van der Waals surface area contributed by atoms with Gasteiger partial charge in [0.25, 0.3) is 5.91 Å². The number of aromatic hydroxyl groups is 1. The van der Waals surface area contributed by atoms with Gasteiger partial charge in [0.05, 0.1) is 0 Å². The summed E-state index contributed by atoms with van der Waals surface area (Å²) in [6.45, 7) is 0.846. The van der Waals surface area contributed by atoms with Crippen LogP contribution in [0.25, 0.3) is 0 Å². The highest BCUT2D eigenvalue weighted by Crippen LogP contribution is 2.10. The Morgan fingerprint density at radius 2 is 2.31 bits per heavy atom. The summed E-state index contributed by atoms with van der Waals surface area (Å²) in [4.78, 5) is 11.3. The lowest BCUT2D eigenvalue weighted by Crippen LogP contribution is -2.28. The second-order valence-corrected chi connectivity index (χ2v) is 2.59. The van der Waals surface area contributed by atoms with E-state index in [1.807, 2.05) is 0 Å². The summed E-state index contributed by atoms with van der Waals surface area (Å²) in [5.74, 6) is -0.137. The number of benzene rings is 1. The van der Waals surface area contributed by atoms with Crippen molar-refractivity contribution in [2.24, 2.45) is 5.73 Å². The second-order valence-electron chi connectivity index (χ2n) is 2.59. The number of phenolic OH excluding ortho intramolecular Hbond substituents is 1. The smallest absolute Gasteiger partial charge is 0.251 e. The number of carbonyl (C=O) groups is 1. The first-order chi connectivity index (χ1) is 6.24. The molecule has 0 aliphatic carbocycles. The van der Waals surface area contributed by atoms with Crippen LogP contribution in [0.2, 0.25) is 0 Å². The normalized spacial score (nSPS) is 9.62. The summed E-state index contributed by atoms with van der Waals surface area (Å²) < 4.78 is 0. The number of hydrogen-bond donors (Lipinski definition) is 3. The van der Waals surface area contributed by atoms with Gasteiger partial charge < -0.3 is 16.2 Å². The first-order valence-electron chi connectivity index (χ1n) is 4.01. The molecule has 0 heterocycles. The van der Waals surface area contributed by atoms with Crippen molar-refractivity contribution in [2.45, 2.75) is 0 Å². The molecule has 0 unspecified atom stereocenters. The molecule has 70 valence electrons. The highest BCUT2D eigenvalue weighted by molar-refractivity contribution is 5.94. The third kappa shape index (κ3) is 2.76. The Balaban J connectivity index is 2.66. The van der Waals surface area contributed by atoms with E-state index in [-0.39, 0.29) is 11.7 Å². The number of amides is 1. The van der Waals surface area contributed by atoms with Gasteiger partial charge in [0.2, 0.25) is 0 Å². The van der Waals surface area contributed by atoms with Crippen molar-refractivity contribution < 1.29 is 9.90 Å². The lowest BCUT2D eigenvalue weighted by atomic mass is 10.2. The maximum absolute atomic E-state index is 11.3. The fourth-order valence-electron chi connectivity index (χ4n) is 0.935. The van der Waals surface area contributed by atoms with E-state index in [2.05, 4.69) is 5.32 Å². The molecule has 0 bridgehead atoms. The van der Waals surface area contributed by atoms with Crippen molar-refractivity contribution in [2.75, 3.05) is 13.1 Å². The Morgan fingerprint density at radius 3 is 2.92 bits per heavy atom. The summed E-state index contributed by atoms with van der Waals surface area (Å²) in [6, 6.07) is 6.17. The number of rotatable bonds is 3. The first kappa shape index (κ1) is 9.54. The molecule has 0 atom stereocenters. The number of carbonyl (C=O) groups excluding carboxylic acids is 1. The van der Waals surface area contributed by atoms with Crippen molar-refractivity contribution >= 4 is 5.91 Å². The summed E-state index contributed by atoms with van der Waals surface area (Å²) in [5, 5.41) is 11.7. The number of hydrogen-bond acceptors (Lipinski definition) is 3. The zero-order chi connectivity index (χ0) is 9.68. The molecule has 0 aromatic heterocycles.